The molecule has 0 bridgehead atoms. The summed E-state index contributed by atoms with van der Waals surface area (Å²) in [4.78, 5) is 16.2. The second-order valence-corrected chi connectivity index (χ2v) is 8.35. The van der Waals surface area contributed by atoms with E-state index in [1.165, 1.54) is 0 Å². The summed E-state index contributed by atoms with van der Waals surface area (Å²) in [5.74, 6) is 1.28. The van der Waals surface area contributed by atoms with E-state index in [-0.39, 0.29) is 31.0 Å². The molecule has 34 heavy (non-hydrogen) atoms. The van der Waals surface area contributed by atoms with Gasteiger partial charge in [0.1, 0.15) is 0 Å². The molecule has 0 aliphatic carbocycles. The lowest BCUT2D eigenvalue weighted by Crippen LogP contribution is -2.34. The van der Waals surface area contributed by atoms with Gasteiger partial charge in [0.15, 0.2) is 17.3 Å². The number of ether oxygens (including phenoxy) is 4. The van der Waals surface area contributed by atoms with Crippen molar-refractivity contribution in [2.75, 3.05) is 26.6 Å². The van der Waals surface area contributed by atoms with Crippen LogP contribution >= 0.6 is 0 Å². The van der Waals surface area contributed by atoms with E-state index in [4.69, 9.17) is 24.1 Å². The molecule has 2 atom stereocenters. The van der Waals surface area contributed by atoms with Gasteiger partial charge in [0.05, 0.1) is 6.61 Å². The quantitative estimate of drug-likeness (QED) is 0.420. The number of amides is 1. The average molecular weight is 465 g/mol. The predicted octanol–water partition coefficient (Wildman–Crippen LogP) is 3.37. The molecule has 2 aromatic carbocycles. The van der Waals surface area contributed by atoms with Crippen molar-refractivity contribution in [1.29, 1.82) is 0 Å². The number of para-hydroxylation sites is 1. The molecule has 0 fully saturated rings. The molecular formula is C26H28N2O6. The SMILES string of the molecule is O=C(NCCc1c[nH]c2ccccc12)C1=C[C@@H](c2ccc3c(c2)OCO3)C[C@@H](OCCCO)O1. The summed E-state index contributed by atoms with van der Waals surface area (Å²) >= 11 is 0. The van der Waals surface area contributed by atoms with Gasteiger partial charge in [-0.1, -0.05) is 24.3 Å². The Bertz CT molecular complexity index is 1190. The van der Waals surface area contributed by atoms with Gasteiger partial charge >= 0.3 is 0 Å². The van der Waals surface area contributed by atoms with Crippen LogP contribution in [0.2, 0.25) is 0 Å². The number of aliphatic hydroxyl groups is 1. The lowest BCUT2D eigenvalue weighted by Gasteiger charge is -2.29. The number of aromatic amines is 1. The Balaban J connectivity index is 1.27. The van der Waals surface area contributed by atoms with Crippen molar-refractivity contribution in [2.24, 2.45) is 0 Å². The third-order valence-corrected chi connectivity index (χ3v) is 6.07. The Morgan fingerprint density at radius 2 is 2.06 bits per heavy atom. The van der Waals surface area contributed by atoms with Gasteiger partial charge in [-0.05, 0) is 48.2 Å². The van der Waals surface area contributed by atoms with E-state index < -0.39 is 6.29 Å². The minimum absolute atomic E-state index is 0.0370. The maximum atomic E-state index is 13.0. The largest absolute Gasteiger partial charge is 0.459 e. The molecule has 5 rings (SSSR count). The van der Waals surface area contributed by atoms with E-state index in [1.54, 1.807) is 0 Å². The van der Waals surface area contributed by atoms with Crippen molar-refractivity contribution in [3.8, 4) is 11.5 Å². The van der Waals surface area contributed by atoms with Gasteiger partial charge in [0, 0.05) is 42.6 Å². The third kappa shape index (κ3) is 4.88. The predicted molar refractivity (Wildman–Crippen MR) is 126 cm³/mol. The number of aliphatic hydroxyl groups excluding tert-OH is 1. The molecule has 0 radical (unpaired) electrons. The zero-order valence-corrected chi connectivity index (χ0v) is 18.8. The summed E-state index contributed by atoms with van der Waals surface area (Å²) in [6.45, 7) is 1.07. The van der Waals surface area contributed by atoms with Gasteiger partial charge < -0.3 is 34.4 Å². The molecule has 0 unspecified atom stereocenters. The summed E-state index contributed by atoms with van der Waals surface area (Å²) in [6, 6.07) is 13.9. The maximum absolute atomic E-state index is 13.0. The number of allylic oxidation sites excluding steroid dienone is 1. The van der Waals surface area contributed by atoms with Gasteiger partial charge in [-0.25, -0.2) is 0 Å². The third-order valence-electron chi connectivity index (χ3n) is 6.07. The van der Waals surface area contributed by atoms with Gasteiger partial charge in [-0.15, -0.1) is 0 Å². The highest BCUT2D eigenvalue weighted by atomic mass is 16.7. The van der Waals surface area contributed by atoms with E-state index in [0.29, 0.717) is 43.9 Å². The van der Waals surface area contributed by atoms with E-state index in [0.717, 1.165) is 22.0 Å². The molecule has 178 valence electrons. The zero-order valence-electron chi connectivity index (χ0n) is 18.8. The fourth-order valence-electron chi connectivity index (χ4n) is 4.31. The minimum Gasteiger partial charge on any atom is -0.459 e. The molecule has 1 aromatic heterocycles. The van der Waals surface area contributed by atoms with Crippen molar-refractivity contribution in [1.82, 2.24) is 10.3 Å². The molecule has 3 aromatic rings. The van der Waals surface area contributed by atoms with Crippen LogP contribution in [0.5, 0.6) is 11.5 Å². The molecule has 8 heteroatoms. The Morgan fingerprint density at radius 3 is 2.97 bits per heavy atom. The van der Waals surface area contributed by atoms with Crippen LogP contribution < -0.4 is 14.8 Å². The fraction of sp³-hybridized carbons (Fsp3) is 0.346. The number of rotatable bonds is 9. The Labute approximate surface area is 197 Å². The van der Waals surface area contributed by atoms with E-state index in [2.05, 4.69) is 16.4 Å². The van der Waals surface area contributed by atoms with E-state index in [1.807, 2.05) is 48.7 Å². The van der Waals surface area contributed by atoms with Gasteiger partial charge in [0.25, 0.3) is 5.91 Å². The minimum atomic E-state index is -0.582. The molecule has 3 N–H and O–H groups in total. The standard InChI is InChI=1S/C26H28N2O6/c29-10-3-11-31-25-14-19(17-6-7-22-23(12-17)33-16-32-22)13-24(34-25)26(30)27-9-8-18-15-28-21-5-2-1-4-20(18)21/h1-2,4-7,12-13,15,19,25,28-29H,3,8-11,14,16H2,(H,27,30)/t19-,25+/m1/s1. The number of carbonyl (C=O) groups is 1. The molecule has 3 heterocycles. The van der Waals surface area contributed by atoms with Crippen LogP contribution in [0.1, 0.15) is 29.9 Å². The molecule has 2 aliphatic rings. The van der Waals surface area contributed by atoms with Crippen LogP contribution in [-0.4, -0.2) is 48.8 Å². The summed E-state index contributed by atoms with van der Waals surface area (Å²) in [5.41, 5.74) is 3.22. The number of carbonyl (C=O) groups excluding carboxylic acids is 1. The molecule has 0 spiro atoms. The first-order valence-electron chi connectivity index (χ1n) is 11.5. The fourth-order valence-corrected chi connectivity index (χ4v) is 4.31. The van der Waals surface area contributed by atoms with Gasteiger partial charge in [-0.2, -0.15) is 0 Å². The molecule has 2 aliphatic heterocycles. The first-order chi connectivity index (χ1) is 16.7. The second-order valence-electron chi connectivity index (χ2n) is 8.35. The highest BCUT2D eigenvalue weighted by molar-refractivity contribution is 5.91. The Hall–Kier alpha value is -3.49. The van der Waals surface area contributed by atoms with Crippen molar-refractivity contribution < 1.29 is 28.8 Å². The molecule has 1 amide bonds. The Morgan fingerprint density at radius 1 is 1.18 bits per heavy atom. The first-order valence-corrected chi connectivity index (χ1v) is 11.5. The van der Waals surface area contributed by atoms with Crippen LogP contribution in [0.3, 0.4) is 0 Å². The lowest BCUT2D eigenvalue weighted by atomic mass is 9.92. The molecule has 8 nitrogen and oxygen atoms in total. The van der Waals surface area contributed by atoms with Crippen LogP contribution in [0.4, 0.5) is 0 Å². The lowest BCUT2D eigenvalue weighted by molar-refractivity contribution is -0.146. The summed E-state index contributed by atoms with van der Waals surface area (Å²) in [7, 11) is 0. The first kappa shape index (κ1) is 22.3. The van der Waals surface area contributed by atoms with Crippen LogP contribution in [0, 0.1) is 0 Å². The second kappa shape index (κ2) is 10.2. The summed E-state index contributed by atoms with van der Waals surface area (Å²) in [6.07, 6.45) is 4.99. The summed E-state index contributed by atoms with van der Waals surface area (Å²) in [5, 5.41) is 13.2. The van der Waals surface area contributed by atoms with E-state index >= 15 is 0 Å². The normalized spacial score (nSPS) is 19.0. The highest BCUT2D eigenvalue weighted by Gasteiger charge is 2.29. The van der Waals surface area contributed by atoms with Crippen LogP contribution in [-0.2, 0) is 20.7 Å². The molecular weight excluding hydrogens is 436 g/mol. The number of benzene rings is 2. The van der Waals surface area contributed by atoms with Gasteiger partial charge in [0.2, 0.25) is 13.1 Å². The smallest absolute Gasteiger partial charge is 0.286 e. The number of H-pyrrole nitrogens is 1. The van der Waals surface area contributed by atoms with Crippen molar-refractivity contribution >= 4 is 16.8 Å². The number of hydrogen-bond donors (Lipinski definition) is 3. The highest BCUT2D eigenvalue weighted by Crippen LogP contribution is 2.38. The molecule has 0 saturated heterocycles. The Kier molecular flexibility index (Phi) is 6.69. The van der Waals surface area contributed by atoms with Crippen LogP contribution in [0.15, 0.2) is 60.5 Å². The number of fused-ring (bicyclic) bond motifs is 2. The van der Waals surface area contributed by atoms with Crippen LogP contribution in [0.25, 0.3) is 10.9 Å². The molecule has 0 saturated carbocycles. The van der Waals surface area contributed by atoms with Gasteiger partial charge in [-0.3, -0.25) is 4.79 Å². The van der Waals surface area contributed by atoms with Crippen molar-refractivity contribution in [3.63, 3.8) is 0 Å². The number of hydrogen-bond acceptors (Lipinski definition) is 6. The van der Waals surface area contributed by atoms with Crippen molar-refractivity contribution in [2.45, 2.75) is 31.5 Å². The number of nitrogens with one attached hydrogen (secondary N) is 2. The monoisotopic (exact) mass is 464 g/mol. The number of aromatic nitrogens is 1. The van der Waals surface area contributed by atoms with E-state index in [9.17, 15) is 4.79 Å². The maximum Gasteiger partial charge on any atom is 0.286 e. The zero-order chi connectivity index (χ0) is 23.3. The topological polar surface area (TPSA) is 102 Å². The summed E-state index contributed by atoms with van der Waals surface area (Å²) < 4.78 is 22.6. The average Bonchev–Trinajstić information content (AvgIpc) is 3.50. The van der Waals surface area contributed by atoms with Crippen molar-refractivity contribution in [3.05, 3.63) is 71.6 Å².